The molecule has 2 aromatic rings. The fourth-order valence-electron chi connectivity index (χ4n) is 4.00. The van der Waals surface area contributed by atoms with Gasteiger partial charge < -0.3 is 10.2 Å². The summed E-state index contributed by atoms with van der Waals surface area (Å²) in [7, 11) is 0. The average Bonchev–Trinajstić information content (AvgIpc) is 3.35. The summed E-state index contributed by atoms with van der Waals surface area (Å²) in [5.74, 6) is -0.122. The molecule has 1 aromatic heterocycles. The summed E-state index contributed by atoms with van der Waals surface area (Å²) in [6.45, 7) is 14.9. The van der Waals surface area contributed by atoms with Gasteiger partial charge in [0.05, 0.1) is 21.6 Å². The molecule has 2 unspecified atom stereocenters. The smallest absolute Gasteiger partial charge is 0.243 e. The predicted molar refractivity (Wildman–Crippen MR) is 127 cm³/mol. The Balaban J connectivity index is 1.72. The predicted octanol–water partition coefficient (Wildman–Crippen LogP) is 5.14. The zero-order valence-corrected chi connectivity index (χ0v) is 20.6. The number of carbonyl (C=O) groups excluding carboxylic acids is 2. The van der Waals surface area contributed by atoms with E-state index in [2.05, 4.69) is 55.3 Å². The van der Waals surface area contributed by atoms with E-state index in [-0.39, 0.29) is 23.1 Å². The molecule has 0 aliphatic carbocycles. The topological polar surface area (TPSA) is 62.3 Å². The third-order valence-corrected chi connectivity index (χ3v) is 7.54. The maximum atomic E-state index is 13.2. The van der Waals surface area contributed by atoms with E-state index < -0.39 is 11.6 Å². The molecular formula is C25H35N3O2S. The van der Waals surface area contributed by atoms with Crippen LogP contribution in [0.5, 0.6) is 0 Å². The van der Waals surface area contributed by atoms with Crippen molar-refractivity contribution in [2.24, 2.45) is 11.3 Å². The maximum Gasteiger partial charge on any atom is 0.243 e. The molecule has 31 heavy (non-hydrogen) atoms. The number of hydrogen-bond acceptors (Lipinski definition) is 4. The lowest BCUT2D eigenvalue weighted by atomic mass is 9.81. The molecule has 1 aliphatic heterocycles. The quantitative estimate of drug-likeness (QED) is 0.698. The van der Waals surface area contributed by atoms with Crippen LogP contribution in [0.2, 0.25) is 0 Å². The number of amides is 2. The SMILES string of the molecule is Cc1ncsc1-c1ccc(C(C)(C)NC(=O)C2CCCN2C(=O)C(C)C(C)(C)C)cc1. The van der Waals surface area contributed by atoms with Crippen LogP contribution in [0, 0.1) is 18.3 Å². The highest BCUT2D eigenvalue weighted by Gasteiger charge is 2.40. The lowest BCUT2D eigenvalue weighted by Crippen LogP contribution is -2.52. The van der Waals surface area contributed by atoms with Crippen LogP contribution < -0.4 is 5.32 Å². The van der Waals surface area contributed by atoms with Crippen LogP contribution in [-0.4, -0.2) is 34.3 Å². The minimum absolute atomic E-state index is 0.0701. The van der Waals surface area contributed by atoms with Crippen molar-refractivity contribution in [2.45, 2.75) is 72.9 Å². The zero-order valence-electron chi connectivity index (χ0n) is 19.8. The van der Waals surface area contributed by atoms with Crippen molar-refractivity contribution in [1.82, 2.24) is 15.2 Å². The standard InChI is InChI=1S/C25H35N3O2S/c1-16(24(3,4)5)23(30)28-14-8-9-20(28)22(29)27-25(6,7)19-12-10-18(11-13-19)21-17(2)26-15-31-21/h10-13,15-16,20H,8-9,14H2,1-7H3,(H,27,29). The molecule has 2 atom stereocenters. The second-order valence-electron chi connectivity index (χ2n) is 10.2. The molecule has 1 aliphatic rings. The largest absolute Gasteiger partial charge is 0.345 e. The van der Waals surface area contributed by atoms with Gasteiger partial charge in [0.15, 0.2) is 0 Å². The first-order valence-electron chi connectivity index (χ1n) is 11.1. The van der Waals surface area contributed by atoms with Crippen molar-refractivity contribution < 1.29 is 9.59 Å². The van der Waals surface area contributed by atoms with Gasteiger partial charge in [-0.2, -0.15) is 0 Å². The summed E-state index contributed by atoms with van der Waals surface area (Å²) in [5.41, 5.74) is 4.39. The van der Waals surface area contributed by atoms with Gasteiger partial charge in [-0.3, -0.25) is 9.59 Å². The number of nitrogens with one attached hydrogen (secondary N) is 1. The summed E-state index contributed by atoms with van der Waals surface area (Å²) < 4.78 is 0. The average molecular weight is 442 g/mol. The summed E-state index contributed by atoms with van der Waals surface area (Å²) in [5, 5.41) is 3.20. The highest BCUT2D eigenvalue weighted by Crippen LogP contribution is 2.32. The number of rotatable bonds is 5. The van der Waals surface area contributed by atoms with Crippen LogP contribution in [0.25, 0.3) is 10.4 Å². The van der Waals surface area contributed by atoms with Gasteiger partial charge >= 0.3 is 0 Å². The van der Waals surface area contributed by atoms with Gasteiger partial charge in [0, 0.05) is 12.5 Å². The molecule has 0 bridgehead atoms. The molecule has 1 aromatic carbocycles. The van der Waals surface area contributed by atoms with Crippen LogP contribution in [0.3, 0.4) is 0 Å². The monoisotopic (exact) mass is 441 g/mol. The first-order chi connectivity index (χ1) is 14.4. The Bertz CT molecular complexity index is 940. The number of nitrogens with zero attached hydrogens (tertiary/aromatic N) is 2. The van der Waals surface area contributed by atoms with Crippen LogP contribution >= 0.6 is 11.3 Å². The Kier molecular flexibility index (Phi) is 6.61. The van der Waals surface area contributed by atoms with Crippen LogP contribution in [-0.2, 0) is 15.1 Å². The highest BCUT2D eigenvalue weighted by atomic mass is 32.1. The minimum atomic E-state index is -0.536. The number of aryl methyl sites for hydroxylation is 1. The van der Waals surface area contributed by atoms with Crippen LogP contribution in [0.4, 0.5) is 0 Å². The van der Waals surface area contributed by atoms with E-state index in [4.69, 9.17) is 0 Å². The highest BCUT2D eigenvalue weighted by molar-refractivity contribution is 7.13. The molecule has 2 amide bonds. The van der Waals surface area contributed by atoms with E-state index in [1.807, 2.05) is 33.2 Å². The van der Waals surface area contributed by atoms with E-state index in [1.54, 1.807) is 16.2 Å². The van der Waals surface area contributed by atoms with Crippen molar-refractivity contribution in [2.75, 3.05) is 6.54 Å². The van der Waals surface area contributed by atoms with Crippen LogP contribution in [0.15, 0.2) is 29.8 Å². The summed E-state index contributed by atoms with van der Waals surface area (Å²) >= 11 is 1.63. The molecule has 2 heterocycles. The van der Waals surface area contributed by atoms with Gasteiger partial charge in [-0.1, -0.05) is 52.0 Å². The third kappa shape index (κ3) is 5.00. The van der Waals surface area contributed by atoms with Crippen molar-refractivity contribution >= 4 is 23.2 Å². The van der Waals surface area contributed by atoms with Gasteiger partial charge in [0.1, 0.15) is 6.04 Å². The number of thiazole rings is 1. The first kappa shape index (κ1) is 23.5. The van der Waals surface area contributed by atoms with Gasteiger partial charge in [-0.05, 0) is 50.2 Å². The number of likely N-dealkylation sites (tertiary alicyclic amines) is 1. The molecule has 5 nitrogen and oxygen atoms in total. The van der Waals surface area contributed by atoms with Crippen molar-refractivity contribution in [3.05, 3.63) is 41.0 Å². The Morgan fingerprint density at radius 1 is 1.16 bits per heavy atom. The molecule has 1 N–H and O–H groups in total. The summed E-state index contributed by atoms with van der Waals surface area (Å²) in [6, 6.07) is 7.90. The van der Waals surface area contributed by atoms with E-state index in [9.17, 15) is 9.59 Å². The van der Waals surface area contributed by atoms with Crippen LogP contribution in [0.1, 0.15) is 65.6 Å². The van der Waals surface area contributed by atoms with Crippen molar-refractivity contribution in [3.63, 3.8) is 0 Å². The Morgan fingerprint density at radius 3 is 2.35 bits per heavy atom. The van der Waals surface area contributed by atoms with Gasteiger partial charge in [-0.25, -0.2) is 4.98 Å². The van der Waals surface area contributed by atoms with Crippen molar-refractivity contribution in [1.29, 1.82) is 0 Å². The summed E-state index contributed by atoms with van der Waals surface area (Å²) in [6.07, 6.45) is 1.58. The van der Waals surface area contributed by atoms with E-state index in [0.29, 0.717) is 13.0 Å². The Hall–Kier alpha value is -2.21. The maximum absolute atomic E-state index is 13.2. The van der Waals surface area contributed by atoms with Gasteiger partial charge in [0.25, 0.3) is 0 Å². The minimum Gasteiger partial charge on any atom is -0.345 e. The molecule has 1 fully saturated rings. The van der Waals surface area contributed by atoms with Gasteiger partial charge in [0.2, 0.25) is 11.8 Å². The number of aromatic nitrogens is 1. The Labute approximate surface area is 190 Å². The van der Waals surface area contributed by atoms with Gasteiger partial charge in [-0.15, -0.1) is 11.3 Å². The third-order valence-electron chi connectivity index (χ3n) is 6.56. The van der Waals surface area contributed by atoms with E-state index in [0.717, 1.165) is 23.2 Å². The molecule has 3 rings (SSSR count). The van der Waals surface area contributed by atoms with E-state index in [1.165, 1.54) is 4.88 Å². The summed E-state index contributed by atoms with van der Waals surface area (Å²) in [4.78, 5) is 33.6. The molecule has 168 valence electrons. The zero-order chi connectivity index (χ0) is 23.0. The van der Waals surface area contributed by atoms with E-state index >= 15 is 0 Å². The molecule has 6 heteroatoms. The number of benzene rings is 1. The Morgan fingerprint density at radius 2 is 1.81 bits per heavy atom. The molecular weight excluding hydrogens is 406 g/mol. The number of carbonyl (C=O) groups is 2. The first-order valence-corrected chi connectivity index (χ1v) is 11.9. The normalized spacial score (nSPS) is 18.2. The second-order valence-corrected chi connectivity index (χ2v) is 11.1. The fraction of sp³-hybridized carbons (Fsp3) is 0.560. The lowest BCUT2D eigenvalue weighted by Gasteiger charge is -2.35. The van der Waals surface area contributed by atoms with Crippen molar-refractivity contribution in [3.8, 4) is 10.4 Å². The molecule has 0 spiro atoms. The molecule has 0 saturated carbocycles. The number of hydrogen-bond donors (Lipinski definition) is 1. The lowest BCUT2D eigenvalue weighted by molar-refractivity contribution is -0.144. The molecule has 1 saturated heterocycles. The second kappa shape index (κ2) is 8.73. The fourth-order valence-corrected chi connectivity index (χ4v) is 4.81. The molecule has 0 radical (unpaired) electrons.